The van der Waals surface area contributed by atoms with Gasteiger partial charge in [-0.05, 0) is 50.5 Å². The second kappa shape index (κ2) is 6.55. The molecule has 2 aliphatic rings. The lowest BCUT2D eigenvalue weighted by Gasteiger charge is -2.38. The van der Waals surface area contributed by atoms with Gasteiger partial charge in [-0.3, -0.25) is 0 Å². The van der Waals surface area contributed by atoms with Crippen LogP contribution in [0.15, 0.2) is 0 Å². The van der Waals surface area contributed by atoms with Gasteiger partial charge in [-0.25, -0.2) is 12.7 Å². The molecule has 1 saturated heterocycles. The molecule has 2 atom stereocenters. The van der Waals surface area contributed by atoms with Crippen molar-refractivity contribution >= 4 is 10.0 Å². The molecule has 1 saturated carbocycles. The molecule has 2 unspecified atom stereocenters. The normalized spacial score (nSPS) is 28.0. The van der Waals surface area contributed by atoms with E-state index in [1.165, 1.54) is 31.9 Å². The molecule has 5 heteroatoms. The van der Waals surface area contributed by atoms with Crippen LogP contribution in [0.1, 0.15) is 45.4 Å². The van der Waals surface area contributed by atoms with Gasteiger partial charge in [0.1, 0.15) is 0 Å². The monoisotopic (exact) mass is 288 g/mol. The van der Waals surface area contributed by atoms with Crippen molar-refractivity contribution < 1.29 is 8.42 Å². The number of hydrogen-bond acceptors (Lipinski definition) is 3. The molecule has 0 amide bonds. The second-order valence-corrected chi connectivity index (χ2v) is 8.20. The van der Waals surface area contributed by atoms with E-state index in [2.05, 4.69) is 12.2 Å². The predicted molar refractivity (Wildman–Crippen MR) is 78.6 cm³/mol. The molecule has 1 heterocycles. The number of nitrogens with zero attached hydrogens (tertiary/aromatic N) is 1. The zero-order valence-electron chi connectivity index (χ0n) is 12.3. The maximum Gasteiger partial charge on any atom is 0.211 e. The molecule has 0 spiro atoms. The van der Waals surface area contributed by atoms with Gasteiger partial charge in [-0.15, -0.1) is 0 Å². The van der Waals surface area contributed by atoms with Crippen LogP contribution >= 0.6 is 0 Å². The van der Waals surface area contributed by atoms with Gasteiger partial charge in [0.2, 0.25) is 10.0 Å². The fourth-order valence-electron chi connectivity index (χ4n) is 3.43. The summed E-state index contributed by atoms with van der Waals surface area (Å²) < 4.78 is 25.0. The lowest BCUT2D eigenvalue weighted by molar-refractivity contribution is 0.172. The molecule has 4 nitrogen and oxygen atoms in total. The zero-order valence-corrected chi connectivity index (χ0v) is 13.1. The van der Waals surface area contributed by atoms with E-state index in [4.69, 9.17) is 0 Å². The Kier molecular flexibility index (Phi) is 5.26. The first-order chi connectivity index (χ1) is 9.00. The van der Waals surface area contributed by atoms with Crippen molar-refractivity contribution in [3.63, 3.8) is 0 Å². The number of rotatable bonds is 6. The smallest absolute Gasteiger partial charge is 0.211 e. The van der Waals surface area contributed by atoms with Crippen molar-refractivity contribution in [3.05, 3.63) is 0 Å². The van der Waals surface area contributed by atoms with Crippen LogP contribution in [0.25, 0.3) is 0 Å². The molecule has 1 aliphatic heterocycles. The summed E-state index contributed by atoms with van der Waals surface area (Å²) in [7, 11) is -3.01. The standard InChI is InChI=1S/C14H28N2O2S/c1-3-15-14(13-7-4-8-13)10-12-6-5-9-16(11-12)19(2,17)18/h12-15H,3-11H2,1-2H3. The molecule has 112 valence electrons. The summed E-state index contributed by atoms with van der Waals surface area (Å²) in [6.45, 7) is 4.62. The van der Waals surface area contributed by atoms with Gasteiger partial charge in [-0.1, -0.05) is 13.3 Å². The number of sulfonamides is 1. The summed E-state index contributed by atoms with van der Waals surface area (Å²) in [6.07, 6.45) is 8.74. The van der Waals surface area contributed by atoms with Crippen molar-refractivity contribution in [3.8, 4) is 0 Å². The molecule has 2 rings (SSSR count). The Labute approximate surface area is 118 Å². The summed E-state index contributed by atoms with van der Waals surface area (Å²) in [5.41, 5.74) is 0. The fraction of sp³-hybridized carbons (Fsp3) is 1.00. The van der Waals surface area contributed by atoms with Crippen LogP contribution < -0.4 is 5.32 Å². The molecule has 0 aromatic heterocycles. The Morgan fingerprint density at radius 2 is 2.00 bits per heavy atom. The zero-order chi connectivity index (χ0) is 13.9. The van der Waals surface area contributed by atoms with Crippen LogP contribution in [0.5, 0.6) is 0 Å². The van der Waals surface area contributed by atoms with Crippen molar-refractivity contribution in [2.75, 3.05) is 25.9 Å². The Morgan fingerprint density at radius 1 is 1.26 bits per heavy atom. The van der Waals surface area contributed by atoms with E-state index in [0.29, 0.717) is 18.5 Å². The van der Waals surface area contributed by atoms with Gasteiger partial charge < -0.3 is 5.32 Å². The van der Waals surface area contributed by atoms with E-state index in [-0.39, 0.29) is 0 Å². The topological polar surface area (TPSA) is 49.4 Å². The third-order valence-corrected chi connectivity index (χ3v) is 5.99. The third-order valence-electron chi connectivity index (χ3n) is 4.72. The summed E-state index contributed by atoms with van der Waals surface area (Å²) in [5.74, 6) is 1.36. The van der Waals surface area contributed by atoms with Gasteiger partial charge in [0, 0.05) is 19.1 Å². The van der Waals surface area contributed by atoms with Gasteiger partial charge in [0.25, 0.3) is 0 Å². The quantitative estimate of drug-likeness (QED) is 0.811. The van der Waals surface area contributed by atoms with Crippen LogP contribution in [0.3, 0.4) is 0 Å². The Morgan fingerprint density at radius 3 is 2.53 bits per heavy atom. The molecule has 1 N–H and O–H groups in total. The largest absolute Gasteiger partial charge is 0.314 e. The maximum atomic E-state index is 11.7. The van der Waals surface area contributed by atoms with Crippen LogP contribution in [0.2, 0.25) is 0 Å². The van der Waals surface area contributed by atoms with Crippen molar-refractivity contribution in [2.45, 2.75) is 51.5 Å². The van der Waals surface area contributed by atoms with Crippen molar-refractivity contribution in [1.29, 1.82) is 0 Å². The van der Waals surface area contributed by atoms with E-state index >= 15 is 0 Å². The highest BCUT2D eigenvalue weighted by atomic mass is 32.2. The lowest BCUT2D eigenvalue weighted by atomic mass is 9.76. The summed E-state index contributed by atoms with van der Waals surface area (Å²) in [6, 6.07) is 0.600. The van der Waals surface area contributed by atoms with Crippen molar-refractivity contribution in [2.24, 2.45) is 11.8 Å². The molecule has 2 fully saturated rings. The Bertz CT molecular complexity index is 379. The van der Waals surface area contributed by atoms with E-state index in [9.17, 15) is 8.42 Å². The van der Waals surface area contributed by atoms with Crippen molar-refractivity contribution in [1.82, 2.24) is 9.62 Å². The van der Waals surface area contributed by atoms with E-state index in [1.807, 2.05) is 0 Å². The molecule has 0 aromatic carbocycles. The lowest BCUT2D eigenvalue weighted by Crippen LogP contribution is -2.45. The van der Waals surface area contributed by atoms with Crippen LogP contribution in [0.4, 0.5) is 0 Å². The minimum Gasteiger partial charge on any atom is -0.314 e. The number of nitrogens with one attached hydrogen (secondary N) is 1. The molecule has 0 aromatic rings. The molecular formula is C14H28N2O2S. The van der Waals surface area contributed by atoms with Gasteiger partial charge in [0.05, 0.1) is 6.26 Å². The Hall–Kier alpha value is -0.130. The average Bonchev–Trinajstić information content (AvgIpc) is 2.26. The predicted octanol–water partition coefficient (Wildman–Crippen LogP) is 1.83. The SMILES string of the molecule is CCNC(CC1CCCN(S(C)(=O)=O)C1)C1CCC1. The third kappa shape index (κ3) is 4.17. The van der Waals surface area contributed by atoms with Gasteiger partial charge in [0.15, 0.2) is 0 Å². The molecular weight excluding hydrogens is 260 g/mol. The highest BCUT2D eigenvalue weighted by Crippen LogP contribution is 2.34. The van der Waals surface area contributed by atoms with Crippen LogP contribution in [0, 0.1) is 11.8 Å². The minimum absolute atomic E-state index is 0.535. The number of hydrogen-bond donors (Lipinski definition) is 1. The minimum atomic E-state index is -3.01. The first-order valence-electron chi connectivity index (χ1n) is 7.69. The maximum absolute atomic E-state index is 11.7. The number of piperidine rings is 1. The molecule has 19 heavy (non-hydrogen) atoms. The average molecular weight is 288 g/mol. The highest BCUT2D eigenvalue weighted by Gasteiger charge is 2.32. The summed E-state index contributed by atoms with van der Waals surface area (Å²) >= 11 is 0. The highest BCUT2D eigenvalue weighted by molar-refractivity contribution is 7.88. The van der Waals surface area contributed by atoms with Crippen LogP contribution in [-0.2, 0) is 10.0 Å². The first kappa shape index (κ1) is 15.3. The van der Waals surface area contributed by atoms with E-state index < -0.39 is 10.0 Å². The van der Waals surface area contributed by atoms with Gasteiger partial charge in [-0.2, -0.15) is 0 Å². The molecule has 0 radical (unpaired) electrons. The Balaban J connectivity index is 1.89. The second-order valence-electron chi connectivity index (χ2n) is 6.22. The molecule has 0 bridgehead atoms. The summed E-state index contributed by atoms with van der Waals surface area (Å²) in [4.78, 5) is 0. The van der Waals surface area contributed by atoms with Crippen LogP contribution in [-0.4, -0.2) is 44.7 Å². The first-order valence-corrected chi connectivity index (χ1v) is 9.54. The van der Waals surface area contributed by atoms with E-state index in [1.54, 1.807) is 4.31 Å². The fourth-order valence-corrected chi connectivity index (χ4v) is 4.37. The van der Waals surface area contributed by atoms with E-state index in [0.717, 1.165) is 31.8 Å². The molecule has 1 aliphatic carbocycles. The van der Waals surface area contributed by atoms with Gasteiger partial charge >= 0.3 is 0 Å². The summed E-state index contributed by atoms with van der Waals surface area (Å²) in [5, 5.41) is 3.62.